The highest BCUT2D eigenvalue weighted by molar-refractivity contribution is 5.96. The minimum atomic E-state index is -0.687. The van der Waals surface area contributed by atoms with E-state index in [0.717, 1.165) is 44.2 Å². The molecule has 262 valence electrons. The van der Waals surface area contributed by atoms with Gasteiger partial charge < -0.3 is 19.9 Å². The molecule has 1 N–H and O–H groups in total. The van der Waals surface area contributed by atoms with Crippen molar-refractivity contribution in [3.8, 4) is 0 Å². The molecule has 0 spiro atoms. The summed E-state index contributed by atoms with van der Waals surface area (Å²) < 4.78 is 6.01. The lowest BCUT2D eigenvalue weighted by molar-refractivity contribution is -0.158. The van der Waals surface area contributed by atoms with Crippen LogP contribution in [-0.4, -0.2) is 88.7 Å². The van der Waals surface area contributed by atoms with E-state index >= 15 is 0 Å². The standard InChI is InChI=1S/C38H60N4O5/c1-10-17-33(29-18-12-11-13-19-29)47-38(46)31-21-16-23-42(31)36(44)28(8)24-32(25(2)3)40(9)37(45)34(26(4)5)39-35(43)30-20-14-15-22-41(30)27(6)7/h11-13,18-19,24-27,30-34H,10,14-17,20-23H2,1-9H3,(H,39,43)/b28-24+/t30-,31?,32-,33-,34+/m1/s1. The average molecular weight is 653 g/mol. The van der Waals surface area contributed by atoms with Gasteiger partial charge in [0.25, 0.3) is 0 Å². The minimum absolute atomic E-state index is 0.00463. The van der Waals surface area contributed by atoms with Crippen molar-refractivity contribution < 1.29 is 23.9 Å². The largest absolute Gasteiger partial charge is 0.456 e. The highest BCUT2D eigenvalue weighted by Gasteiger charge is 2.39. The predicted molar refractivity (Wildman–Crippen MR) is 186 cm³/mol. The van der Waals surface area contributed by atoms with Crippen LogP contribution in [-0.2, 0) is 23.9 Å². The number of likely N-dealkylation sites (N-methyl/N-ethyl adjacent to an activating group) is 1. The van der Waals surface area contributed by atoms with Crippen LogP contribution in [0.5, 0.6) is 0 Å². The lowest BCUT2D eigenvalue weighted by Crippen LogP contribution is -2.58. The molecule has 0 aliphatic carbocycles. The molecule has 9 heteroatoms. The number of piperidine rings is 1. The molecule has 3 amide bonds. The molecule has 3 rings (SSSR count). The molecule has 2 heterocycles. The van der Waals surface area contributed by atoms with E-state index in [1.54, 1.807) is 23.8 Å². The zero-order valence-corrected chi connectivity index (χ0v) is 30.3. The second kappa shape index (κ2) is 17.8. The van der Waals surface area contributed by atoms with Gasteiger partial charge in [0.15, 0.2) is 0 Å². The molecule has 0 aromatic heterocycles. The Morgan fingerprint density at radius 1 is 0.936 bits per heavy atom. The number of hydrogen-bond acceptors (Lipinski definition) is 6. The summed E-state index contributed by atoms with van der Waals surface area (Å²) in [6.45, 7) is 17.3. The van der Waals surface area contributed by atoms with Gasteiger partial charge in [0, 0.05) is 25.2 Å². The summed E-state index contributed by atoms with van der Waals surface area (Å²) in [4.78, 5) is 60.3. The number of ether oxygens (including phenoxy) is 1. The lowest BCUT2D eigenvalue weighted by Gasteiger charge is -2.39. The van der Waals surface area contributed by atoms with Crippen LogP contribution in [0.15, 0.2) is 42.0 Å². The summed E-state index contributed by atoms with van der Waals surface area (Å²) in [5, 5.41) is 3.10. The molecule has 0 radical (unpaired) electrons. The number of carbonyl (C=O) groups excluding carboxylic acids is 4. The minimum Gasteiger partial charge on any atom is -0.456 e. The molecule has 1 aromatic carbocycles. The van der Waals surface area contributed by atoms with Crippen molar-refractivity contribution in [2.45, 2.75) is 137 Å². The normalized spacial score (nSPS) is 21.1. The Bertz CT molecular complexity index is 1230. The fourth-order valence-corrected chi connectivity index (χ4v) is 6.99. The Kier molecular flexibility index (Phi) is 14.5. The van der Waals surface area contributed by atoms with E-state index < -0.39 is 12.1 Å². The van der Waals surface area contributed by atoms with Crippen molar-refractivity contribution in [2.24, 2.45) is 11.8 Å². The van der Waals surface area contributed by atoms with Gasteiger partial charge in [-0.05, 0) is 76.8 Å². The molecule has 2 aliphatic rings. The first-order valence-corrected chi connectivity index (χ1v) is 17.9. The molecule has 2 fully saturated rings. The molecule has 47 heavy (non-hydrogen) atoms. The Morgan fingerprint density at radius 2 is 1.60 bits per heavy atom. The monoisotopic (exact) mass is 652 g/mol. The maximum Gasteiger partial charge on any atom is 0.329 e. The van der Waals surface area contributed by atoms with Gasteiger partial charge in [-0.2, -0.15) is 0 Å². The number of rotatable bonds is 14. The molecular weight excluding hydrogens is 592 g/mol. The van der Waals surface area contributed by atoms with E-state index in [1.807, 2.05) is 64.1 Å². The number of carbonyl (C=O) groups is 4. The van der Waals surface area contributed by atoms with Gasteiger partial charge in [-0.1, -0.05) is 83.9 Å². The first-order chi connectivity index (χ1) is 22.3. The van der Waals surface area contributed by atoms with E-state index in [2.05, 4.69) is 31.0 Å². The molecule has 1 aromatic rings. The Balaban J connectivity index is 1.74. The molecule has 0 bridgehead atoms. The van der Waals surface area contributed by atoms with Crippen LogP contribution in [0.1, 0.15) is 112 Å². The smallest absolute Gasteiger partial charge is 0.329 e. The third-order valence-corrected chi connectivity index (χ3v) is 9.74. The molecule has 2 saturated heterocycles. The summed E-state index contributed by atoms with van der Waals surface area (Å²) in [6, 6.07) is 8.04. The van der Waals surface area contributed by atoms with Crippen molar-refractivity contribution in [2.75, 3.05) is 20.1 Å². The summed E-state index contributed by atoms with van der Waals surface area (Å²) >= 11 is 0. The van der Waals surface area contributed by atoms with Crippen LogP contribution in [0, 0.1) is 11.8 Å². The highest BCUT2D eigenvalue weighted by Crippen LogP contribution is 2.28. The first kappa shape index (κ1) is 38.2. The van der Waals surface area contributed by atoms with Gasteiger partial charge in [0.1, 0.15) is 18.2 Å². The summed E-state index contributed by atoms with van der Waals surface area (Å²) in [7, 11) is 1.75. The van der Waals surface area contributed by atoms with E-state index in [0.29, 0.717) is 25.0 Å². The van der Waals surface area contributed by atoms with Gasteiger partial charge in [-0.15, -0.1) is 0 Å². The zero-order chi connectivity index (χ0) is 34.8. The number of likely N-dealkylation sites (tertiary alicyclic amines) is 2. The molecular formula is C38H60N4O5. The van der Waals surface area contributed by atoms with Gasteiger partial charge in [0.05, 0.1) is 12.1 Å². The first-order valence-electron chi connectivity index (χ1n) is 17.9. The van der Waals surface area contributed by atoms with Gasteiger partial charge in [-0.25, -0.2) is 4.79 Å². The zero-order valence-electron chi connectivity index (χ0n) is 30.3. The molecule has 0 saturated carbocycles. The van der Waals surface area contributed by atoms with E-state index in [1.165, 1.54) is 0 Å². The highest BCUT2D eigenvalue weighted by atomic mass is 16.5. The topological polar surface area (TPSA) is 99.3 Å². The maximum atomic E-state index is 14.0. The van der Waals surface area contributed by atoms with Crippen molar-refractivity contribution in [3.05, 3.63) is 47.5 Å². The van der Waals surface area contributed by atoms with Crippen LogP contribution in [0.25, 0.3) is 0 Å². The van der Waals surface area contributed by atoms with E-state index in [4.69, 9.17) is 4.74 Å². The Hall–Kier alpha value is -3.20. The SMILES string of the molecule is CCC[C@@H](OC(=O)C1CCCN1C(=O)/C(C)=C/[C@H](C(C)C)N(C)C(=O)[C@@H](NC(=O)[C@H]1CCCCN1C(C)C)C(C)C)c1ccccc1. The number of amides is 3. The molecule has 2 aliphatic heterocycles. The van der Waals surface area contributed by atoms with Crippen molar-refractivity contribution in [1.82, 2.24) is 20.0 Å². The van der Waals surface area contributed by atoms with Crippen molar-refractivity contribution in [3.63, 3.8) is 0 Å². The van der Waals surface area contributed by atoms with E-state index in [-0.39, 0.29) is 59.8 Å². The Labute approximate surface area is 283 Å². The van der Waals surface area contributed by atoms with Gasteiger partial charge >= 0.3 is 5.97 Å². The quantitative estimate of drug-likeness (QED) is 0.199. The average Bonchev–Trinajstić information content (AvgIpc) is 3.55. The third kappa shape index (κ3) is 9.91. The number of esters is 1. The number of benzene rings is 1. The van der Waals surface area contributed by atoms with Crippen LogP contribution in [0.4, 0.5) is 0 Å². The number of nitrogens with zero attached hydrogens (tertiary/aromatic N) is 3. The molecule has 5 atom stereocenters. The van der Waals surface area contributed by atoms with Gasteiger partial charge in [-0.3, -0.25) is 19.3 Å². The van der Waals surface area contributed by atoms with E-state index in [9.17, 15) is 19.2 Å². The predicted octanol–water partition coefficient (Wildman–Crippen LogP) is 5.90. The second-order valence-corrected chi connectivity index (χ2v) is 14.4. The van der Waals surface area contributed by atoms with Crippen molar-refractivity contribution in [1.29, 1.82) is 0 Å². The molecule has 1 unspecified atom stereocenters. The maximum absolute atomic E-state index is 14.0. The third-order valence-electron chi connectivity index (χ3n) is 9.74. The summed E-state index contributed by atoms with van der Waals surface area (Å²) in [5.41, 5.74) is 1.44. The van der Waals surface area contributed by atoms with Crippen LogP contribution >= 0.6 is 0 Å². The van der Waals surface area contributed by atoms with Crippen LogP contribution in [0.3, 0.4) is 0 Å². The summed E-state index contributed by atoms with van der Waals surface area (Å²) in [6.07, 6.45) is 7.20. The second-order valence-electron chi connectivity index (χ2n) is 14.4. The van der Waals surface area contributed by atoms with Crippen LogP contribution < -0.4 is 5.32 Å². The van der Waals surface area contributed by atoms with Crippen molar-refractivity contribution >= 4 is 23.7 Å². The summed E-state index contributed by atoms with van der Waals surface area (Å²) in [5.74, 6) is -0.979. The van der Waals surface area contributed by atoms with Gasteiger partial charge in [0.2, 0.25) is 17.7 Å². The fraction of sp³-hybridized carbons (Fsp3) is 0.684. The molecule has 9 nitrogen and oxygen atoms in total. The lowest BCUT2D eigenvalue weighted by atomic mass is 9.95. The number of hydrogen-bond donors (Lipinski definition) is 1. The fourth-order valence-electron chi connectivity index (χ4n) is 6.99. The Morgan fingerprint density at radius 3 is 2.19 bits per heavy atom. The number of nitrogens with one attached hydrogen (secondary N) is 1. The van der Waals surface area contributed by atoms with Crippen LogP contribution in [0.2, 0.25) is 0 Å².